The van der Waals surface area contributed by atoms with Crippen molar-refractivity contribution >= 4 is 34.1 Å². The largest absolute Gasteiger partial charge is 0.489 e. The van der Waals surface area contributed by atoms with Crippen molar-refractivity contribution in [3.05, 3.63) is 102 Å². The molecule has 0 aliphatic rings. The molecule has 7 heteroatoms. The number of hydrogen-bond donors (Lipinski definition) is 1. The zero-order valence-corrected chi connectivity index (χ0v) is 17.7. The molecule has 0 atom stereocenters. The van der Waals surface area contributed by atoms with Crippen LogP contribution in [0.5, 0.6) is 5.75 Å². The van der Waals surface area contributed by atoms with E-state index in [1.165, 1.54) is 16.9 Å². The maximum atomic E-state index is 12.8. The second kappa shape index (κ2) is 10.0. The van der Waals surface area contributed by atoms with Crippen molar-refractivity contribution in [3.63, 3.8) is 0 Å². The van der Waals surface area contributed by atoms with Crippen LogP contribution in [0.4, 0.5) is 5.13 Å². The van der Waals surface area contributed by atoms with Crippen LogP contribution in [0.15, 0.2) is 89.3 Å². The normalized spacial score (nSPS) is 10.5. The van der Waals surface area contributed by atoms with Gasteiger partial charge in [0.15, 0.2) is 4.34 Å². The van der Waals surface area contributed by atoms with Crippen LogP contribution in [-0.2, 0) is 12.4 Å². The maximum Gasteiger partial charge on any atom is 0.257 e. The molecule has 4 aromatic rings. The van der Waals surface area contributed by atoms with Crippen LogP contribution >= 0.6 is 23.1 Å². The summed E-state index contributed by atoms with van der Waals surface area (Å²) in [7, 11) is 0. The van der Waals surface area contributed by atoms with Crippen LogP contribution in [0.1, 0.15) is 21.5 Å². The summed E-state index contributed by atoms with van der Waals surface area (Å²) in [5, 5.41) is 11.6. The monoisotopic (exact) mass is 433 g/mol. The number of nitrogens with zero attached hydrogens (tertiary/aromatic N) is 2. The van der Waals surface area contributed by atoms with E-state index < -0.39 is 0 Å². The Morgan fingerprint density at radius 2 is 1.60 bits per heavy atom. The van der Waals surface area contributed by atoms with Crippen LogP contribution in [-0.4, -0.2) is 16.1 Å². The third-order valence-electron chi connectivity index (χ3n) is 4.23. The number of anilines is 1. The third-order valence-corrected chi connectivity index (χ3v) is 6.27. The Labute approximate surface area is 183 Å². The predicted molar refractivity (Wildman–Crippen MR) is 121 cm³/mol. The molecule has 0 saturated carbocycles. The van der Waals surface area contributed by atoms with Gasteiger partial charge >= 0.3 is 0 Å². The van der Waals surface area contributed by atoms with Gasteiger partial charge in [0.05, 0.1) is 0 Å². The van der Waals surface area contributed by atoms with Gasteiger partial charge < -0.3 is 4.74 Å². The lowest BCUT2D eigenvalue weighted by molar-refractivity contribution is 0.102. The van der Waals surface area contributed by atoms with E-state index in [9.17, 15) is 4.79 Å². The van der Waals surface area contributed by atoms with Gasteiger partial charge in [-0.25, -0.2) is 0 Å². The van der Waals surface area contributed by atoms with Gasteiger partial charge in [0.25, 0.3) is 5.91 Å². The molecule has 0 saturated heterocycles. The first-order chi connectivity index (χ1) is 14.8. The fraction of sp³-hybridized carbons (Fsp3) is 0.0870. The number of ether oxygens (including phenoxy) is 1. The minimum Gasteiger partial charge on any atom is -0.489 e. The molecule has 0 spiro atoms. The Hall–Kier alpha value is -3.16. The van der Waals surface area contributed by atoms with Gasteiger partial charge in [0.1, 0.15) is 12.4 Å². The number of benzene rings is 3. The van der Waals surface area contributed by atoms with Gasteiger partial charge in [0, 0.05) is 16.9 Å². The number of aromatic nitrogens is 2. The fourth-order valence-electron chi connectivity index (χ4n) is 2.75. The molecule has 0 aliphatic heterocycles. The molecule has 1 N–H and O–H groups in total. The fourth-order valence-corrected chi connectivity index (χ4v) is 4.45. The van der Waals surface area contributed by atoms with Crippen molar-refractivity contribution in [3.8, 4) is 5.75 Å². The highest BCUT2D eigenvalue weighted by Crippen LogP contribution is 2.28. The molecule has 0 radical (unpaired) electrons. The molecule has 1 heterocycles. The van der Waals surface area contributed by atoms with E-state index in [0.717, 1.165) is 21.4 Å². The van der Waals surface area contributed by atoms with E-state index in [1.54, 1.807) is 17.8 Å². The minimum atomic E-state index is -0.224. The number of thioether (sulfide) groups is 1. The van der Waals surface area contributed by atoms with Crippen molar-refractivity contribution in [1.29, 1.82) is 0 Å². The highest BCUT2D eigenvalue weighted by Gasteiger charge is 2.14. The Balaban J connectivity index is 1.38. The second-order valence-corrected chi connectivity index (χ2v) is 8.56. The number of hydrogen-bond acceptors (Lipinski definition) is 6. The highest BCUT2D eigenvalue weighted by atomic mass is 32.2. The smallest absolute Gasteiger partial charge is 0.257 e. The van der Waals surface area contributed by atoms with Crippen molar-refractivity contribution in [2.24, 2.45) is 0 Å². The number of carbonyl (C=O) groups excluding carboxylic acids is 1. The molecule has 3 aromatic carbocycles. The zero-order chi connectivity index (χ0) is 20.6. The Bertz CT molecular complexity index is 1100. The van der Waals surface area contributed by atoms with Gasteiger partial charge in [-0.2, -0.15) is 0 Å². The van der Waals surface area contributed by atoms with Gasteiger partial charge in [-0.3, -0.25) is 10.1 Å². The van der Waals surface area contributed by atoms with Crippen molar-refractivity contribution in [1.82, 2.24) is 10.2 Å². The van der Waals surface area contributed by atoms with Gasteiger partial charge in [0.2, 0.25) is 5.13 Å². The molecule has 30 heavy (non-hydrogen) atoms. The topological polar surface area (TPSA) is 64.1 Å². The standard InChI is InChI=1S/C23H19N3O2S2/c27-21(20-14-8-7-11-18(20)15-28-19-12-5-2-6-13-19)24-22-25-26-23(30-22)29-16-17-9-3-1-4-10-17/h1-14H,15-16H2,(H,24,25,27). The number of amides is 1. The summed E-state index contributed by atoms with van der Waals surface area (Å²) in [6.45, 7) is 0.307. The lowest BCUT2D eigenvalue weighted by atomic mass is 10.1. The minimum absolute atomic E-state index is 0.224. The van der Waals surface area contributed by atoms with E-state index in [0.29, 0.717) is 17.3 Å². The van der Waals surface area contributed by atoms with Crippen LogP contribution in [0.2, 0.25) is 0 Å². The molecule has 4 rings (SSSR count). The predicted octanol–water partition coefficient (Wildman–Crippen LogP) is 5.66. The zero-order valence-electron chi connectivity index (χ0n) is 16.0. The summed E-state index contributed by atoms with van der Waals surface area (Å²) in [5.41, 5.74) is 2.58. The maximum absolute atomic E-state index is 12.8. The van der Waals surface area contributed by atoms with Gasteiger partial charge in [-0.05, 0) is 23.8 Å². The lowest BCUT2D eigenvalue weighted by Gasteiger charge is -2.10. The molecule has 1 amide bonds. The molecular formula is C23H19N3O2S2. The quantitative estimate of drug-likeness (QED) is 0.287. The third kappa shape index (κ3) is 5.46. The van der Waals surface area contributed by atoms with E-state index in [4.69, 9.17) is 4.74 Å². The summed E-state index contributed by atoms with van der Waals surface area (Å²) < 4.78 is 6.62. The average Bonchev–Trinajstić information content (AvgIpc) is 3.25. The van der Waals surface area contributed by atoms with Crippen molar-refractivity contribution in [2.75, 3.05) is 5.32 Å². The molecule has 150 valence electrons. The van der Waals surface area contributed by atoms with Crippen LogP contribution in [0, 0.1) is 0 Å². The summed E-state index contributed by atoms with van der Waals surface area (Å²) in [5.74, 6) is 1.35. The Morgan fingerprint density at radius 3 is 2.40 bits per heavy atom. The van der Waals surface area contributed by atoms with Crippen molar-refractivity contribution < 1.29 is 9.53 Å². The van der Waals surface area contributed by atoms with Crippen LogP contribution in [0.3, 0.4) is 0 Å². The second-order valence-electron chi connectivity index (χ2n) is 6.36. The summed E-state index contributed by atoms with van der Waals surface area (Å²) in [4.78, 5) is 12.8. The molecular weight excluding hydrogens is 414 g/mol. The first-order valence-electron chi connectivity index (χ1n) is 9.35. The summed E-state index contributed by atoms with van der Waals surface area (Å²) in [6, 6.07) is 27.1. The van der Waals surface area contributed by atoms with E-state index in [1.807, 2.05) is 66.7 Å². The molecule has 0 bridgehead atoms. The van der Waals surface area contributed by atoms with E-state index >= 15 is 0 Å². The number of carbonyl (C=O) groups is 1. The van der Waals surface area contributed by atoms with Crippen LogP contribution < -0.4 is 10.1 Å². The molecule has 5 nitrogen and oxygen atoms in total. The average molecular weight is 434 g/mol. The summed E-state index contributed by atoms with van der Waals surface area (Å²) >= 11 is 2.97. The molecule has 0 aliphatic carbocycles. The Kier molecular flexibility index (Phi) is 6.74. The van der Waals surface area contributed by atoms with Crippen molar-refractivity contribution in [2.45, 2.75) is 16.7 Å². The Morgan fingerprint density at radius 1 is 0.900 bits per heavy atom. The molecule has 0 unspecified atom stereocenters. The van der Waals surface area contributed by atoms with E-state index in [-0.39, 0.29) is 5.91 Å². The molecule has 0 fully saturated rings. The number of rotatable bonds is 8. The van der Waals surface area contributed by atoms with Crippen LogP contribution in [0.25, 0.3) is 0 Å². The SMILES string of the molecule is O=C(Nc1nnc(SCc2ccccc2)s1)c1ccccc1COc1ccccc1. The first kappa shape index (κ1) is 20.1. The lowest BCUT2D eigenvalue weighted by Crippen LogP contribution is -2.15. The first-order valence-corrected chi connectivity index (χ1v) is 11.2. The molecule has 1 aromatic heterocycles. The summed E-state index contributed by atoms with van der Waals surface area (Å²) in [6.07, 6.45) is 0. The number of nitrogens with one attached hydrogen (secondary N) is 1. The highest BCUT2D eigenvalue weighted by molar-refractivity contribution is 8.00. The number of para-hydroxylation sites is 1. The van der Waals surface area contributed by atoms with Gasteiger partial charge in [-0.15, -0.1) is 10.2 Å². The van der Waals surface area contributed by atoms with E-state index in [2.05, 4.69) is 27.6 Å². The van der Waals surface area contributed by atoms with Gasteiger partial charge in [-0.1, -0.05) is 89.8 Å².